The van der Waals surface area contributed by atoms with Gasteiger partial charge in [-0.2, -0.15) is 0 Å². The Bertz CT molecular complexity index is 399. The predicted molar refractivity (Wildman–Crippen MR) is 72.3 cm³/mol. The Labute approximate surface area is 114 Å². The number of aliphatic hydroxyl groups is 1. The van der Waals surface area contributed by atoms with Crippen molar-refractivity contribution in [3.05, 3.63) is 29.3 Å². The Morgan fingerprint density at radius 3 is 2.68 bits per heavy atom. The maximum atomic E-state index is 9.85. The van der Waals surface area contributed by atoms with Gasteiger partial charge in [-0.15, -0.1) is 0 Å². The summed E-state index contributed by atoms with van der Waals surface area (Å²) in [5, 5.41) is 9.85. The van der Waals surface area contributed by atoms with E-state index in [1.165, 1.54) is 0 Å². The van der Waals surface area contributed by atoms with Crippen LogP contribution in [0.1, 0.15) is 37.5 Å². The zero-order chi connectivity index (χ0) is 13.7. The second kappa shape index (κ2) is 6.89. The molecule has 0 saturated carbocycles. The first-order chi connectivity index (χ1) is 9.26. The first-order valence-electron chi connectivity index (χ1n) is 6.92. The normalized spacial score (nSPS) is 17.8. The molecule has 1 aliphatic rings. The molecule has 1 atom stereocenters. The minimum atomic E-state index is -0.354. The molecule has 0 fully saturated rings. The van der Waals surface area contributed by atoms with Crippen molar-refractivity contribution in [2.45, 2.75) is 39.1 Å². The molecular formula is C15H22O4. The molecule has 0 heterocycles. The van der Waals surface area contributed by atoms with Crippen LogP contribution in [-0.2, 0) is 15.9 Å². The summed E-state index contributed by atoms with van der Waals surface area (Å²) in [4.78, 5) is 0. The second-order valence-corrected chi connectivity index (χ2v) is 4.53. The van der Waals surface area contributed by atoms with Crippen LogP contribution in [0.25, 0.3) is 0 Å². The fraction of sp³-hybridized carbons (Fsp3) is 0.600. The Balaban J connectivity index is 2.00. The lowest BCUT2D eigenvalue weighted by atomic mass is 10.1. The number of rotatable bonds is 7. The number of aliphatic hydroxyl groups excluding tert-OH is 1. The molecule has 0 amide bonds. The molecule has 0 bridgehead atoms. The quantitative estimate of drug-likeness (QED) is 0.770. The molecule has 4 heteroatoms. The molecule has 0 spiro atoms. The van der Waals surface area contributed by atoms with E-state index in [0.29, 0.717) is 19.8 Å². The minimum Gasteiger partial charge on any atom is -0.488 e. The number of benzene rings is 1. The number of ether oxygens (including phenoxy) is 3. The maximum Gasteiger partial charge on any atom is 0.191 e. The van der Waals surface area contributed by atoms with Gasteiger partial charge in [0.2, 0.25) is 0 Å². The van der Waals surface area contributed by atoms with Gasteiger partial charge in [0.25, 0.3) is 0 Å². The SMILES string of the molecule is CCOC(COc1cccc2c1CCC2O)OCC. The van der Waals surface area contributed by atoms with Crippen LogP contribution >= 0.6 is 0 Å². The highest BCUT2D eigenvalue weighted by molar-refractivity contribution is 5.44. The van der Waals surface area contributed by atoms with Gasteiger partial charge in [0.15, 0.2) is 6.29 Å². The molecule has 1 aliphatic carbocycles. The molecule has 1 N–H and O–H groups in total. The summed E-state index contributed by atoms with van der Waals surface area (Å²) in [7, 11) is 0. The van der Waals surface area contributed by atoms with E-state index in [2.05, 4.69) is 0 Å². The summed E-state index contributed by atoms with van der Waals surface area (Å²) in [6, 6.07) is 5.81. The van der Waals surface area contributed by atoms with Gasteiger partial charge in [-0.05, 0) is 38.3 Å². The van der Waals surface area contributed by atoms with Crippen LogP contribution in [0.5, 0.6) is 5.75 Å². The molecule has 0 aromatic heterocycles. The smallest absolute Gasteiger partial charge is 0.191 e. The molecule has 0 aliphatic heterocycles. The highest BCUT2D eigenvalue weighted by Gasteiger charge is 2.23. The fourth-order valence-corrected chi connectivity index (χ4v) is 2.41. The van der Waals surface area contributed by atoms with Gasteiger partial charge in [0, 0.05) is 18.8 Å². The van der Waals surface area contributed by atoms with Gasteiger partial charge in [0.05, 0.1) is 6.10 Å². The van der Waals surface area contributed by atoms with Crippen molar-refractivity contribution in [3.8, 4) is 5.75 Å². The molecule has 2 rings (SSSR count). The zero-order valence-corrected chi connectivity index (χ0v) is 11.6. The average Bonchev–Trinajstić information content (AvgIpc) is 2.79. The highest BCUT2D eigenvalue weighted by atomic mass is 16.7. The minimum absolute atomic E-state index is 0.336. The van der Waals surface area contributed by atoms with Crippen LogP contribution in [0.3, 0.4) is 0 Å². The van der Waals surface area contributed by atoms with Gasteiger partial charge >= 0.3 is 0 Å². The van der Waals surface area contributed by atoms with Gasteiger partial charge in [-0.1, -0.05) is 12.1 Å². The molecule has 19 heavy (non-hydrogen) atoms. The topological polar surface area (TPSA) is 47.9 Å². The van der Waals surface area contributed by atoms with E-state index < -0.39 is 0 Å². The monoisotopic (exact) mass is 266 g/mol. The third kappa shape index (κ3) is 3.47. The lowest BCUT2D eigenvalue weighted by Crippen LogP contribution is -2.25. The van der Waals surface area contributed by atoms with E-state index in [-0.39, 0.29) is 12.4 Å². The van der Waals surface area contributed by atoms with E-state index in [4.69, 9.17) is 14.2 Å². The Morgan fingerprint density at radius 1 is 1.26 bits per heavy atom. The second-order valence-electron chi connectivity index (χ2n) is 4.53. The predicted octanol–water partition coefficient (Wildman–Crippen LogP) is 2.44. The van der Waals surface area contributed by atoms with Crippen molar-refractivity contribution < 1.29 is 19.3 Å². The molecule has 0 saturated heterocycles. The van der Waals surface area contributed by atoms with Gasteiger partial charge < -0.3 is 19.3 Å². The molecule has 1 aromatic rings. The third-order valence-electron chi connectivity index (χ3n) is 3.28. The fourth-order valence-electron chi connectivity index (χ4n) is 2.41. The van der Waals surface area contributed by atoms with E-state index in [1.807, 2.05) is 32.0 Å². The van der Waals surface area contributed by atoms with E-state index in [0.717, 1.165) is 29.7 Å². The van der Waals surface area contributed by atoms with Crippen molar-refractivity contribution >= 4 is 0 Å². The molecule has 4 nitrogen and oxygen atoms in total. The highest BCUT2D eigenvalue weighted by Crippen LogP contribution is 2.36. The molecule has 1 unspecified atom stereocenters. The summed E-state index contributed by atoms with van der Waals surface area (Å²) in [5.41, 5.74) is 2.10. The zero-order valence-electron chi connectivity index (χ0n) is 11.6. The van der Waals surface area contributed by atoms with Crippen LogP contribution in [0, 0.1) is 0 Å². The van der Waals surface area contributed by atoms with Gasteiger partial charge in [-0.25, -0.2) is 0 Å². The van der Waals surface area contributed by atoms with Crippen molar-refractivity contribution in [1.82, 2.24) is 0 Å². The van der Waals surface area contributed by atoms with E-state index in [9.17, 15) is 5.11 Å². The summed E-state index contributed by atoms with van der Waals surface area (Å²) >= 11 is 0. The van der Waals surface area contributed by atoms with E-state index in [1.54, 1.807) is 0 Å². The summed E-state index contributed by atoms with van der Waals surface area (Å²) < 4.78 is 16.7. The maximum absolute atomic E-state index is 9.85. The van der Waals surface area contributed by atoms with Crippen molar-refractivity contribution in [2.75, 3.05) is 19.8 Å². The van der Waals surface area contributed by atoms with E-state index >= 15 is 0 Å². The van der Waals surface area contributed by atoms with Crippen LogP contribution in [0.15, 0.2) is 18.2 Å². The number of fused-ring (bicyclic) bond motifs is 1. The number of hydrogen-bond donors (Lipinski definition) is 1. The third-order valence-corrected chi connectivity index (χ3v) is 3.28. The first kappa shape index (κ1) is 14.3. The van der Waals surface area contributed by atoms with Crippen LogP contribution < -0.4 is 4.74 Å². The molecular weight excluding hydrogens is 244 g/mol. The lowest BCUT2D eigenvalue weighted by Gasteiger charge is -2.18. The Kier molecular flexibility index (Phi) is 5.19. The lowest BCUT2D eigenvalue weighted by molar-refractivity contribution is -0.152. The molecule has 0 radical (unpaired) electrons. The van der Waals surface area contributed by atoms with Crippen LogP contribution in [0.2, 0.25) is 0 Å². The molecule has 106 valence electrons. The van der Waals surface area contributed by atoms with Crippen molar-refractivity contribution in [2.24, 2.45) is 0 Å². The summed E-state index contributed by atoms with van der Waals surface area (Å²) in [6.07, 6.45) is 0.946. The summed E-state index contributed by atoms with van der Waals surface area (Å²) in [5.74, 6) is 0.832. The Morgan fingerprint density at radius 2 is 2.00 bits per heavy atom. The average molecular weight is 266 g/mol. The molecule has 1 aromatic carbocycles. The number of hydrogen-bond acceptors (Lipinski definition) is 4. The van der Waals surface area contributed by atoms with Crippen LogP contribution in [0.4, 0.5) is 0 Å². The first-order valence-corrected chi connectivity index (χ1v) is 6.92. The Hall–Kier alpha value is -1.10. The summed E-state index contributed by atoms with van der Waals surface area (Å²) in [6.45, 7) is 5.43. The van der Waals surface area contributed by atoms with Gasteiger partial charge in [0.1, 0.15) is 12.4 Å². The standard InChI is InChI=1S/C15H22O4/c1-3-17-15(18-4-2)10-19-14-7-5-6-11-12(14)8-9-13(11)16/h5-7,13,15-16H,3-4,8-10H2,1-2H3. The van der Waals surface area contributed by atoms with Crippen molar-refractivity contribution in [3.63, 3.8) is 0 Å². The van der Waals surface area contributed by atoms with Crippen molar-refractivity contribution in [1.29, 1.82) is 0 Å². The van der Waals surface area contributed by atoms with Gasteiger partial charge in [-0.3, -0.25) is 0 Å². The van der Waals surface area contributed by atoms with Crippen LogP contribution in [-0.4, -0.2) is 31.2 Å². The largest absolute Gasteiger partial charge is 0.488 e.